The molecule has 1 heterocycles. The Bertz CT molecular complexity index is 418. The van der Waals surface area contributed by atoms with E-state index in [2.05, 4.69) is 0 Å². The molecule has 0 radical (unpaired) electrons. The van der Waals surface area contributed by atoms with Gasteiger partial charge < -0.3 is 9.52 Å². The van der Waals surface area contributed by atoms with Crippen LogP contribution in [0.1, 0.15) is 48.4 Å². The molecule has 1 unspecified atom stereocenters. The Morgan fingerprint density at radius 1 is 1.35 bits per heavy atom. The van der Waals surface area contributed by atoms with Crippen molar-refractivity contribution < 1.29 is 18.5 Å². The molecule has 0 saturated heterocycles. The second kappa shape index (κ2) is 5.49. The van der Waals surface area contributed by atoms with Gasteiger partial charge in [0.25, 0.3) is 0 Å². The van der Waals surface area contributed by atoms with Gasteiger partial charge in [-0.15, -0.1) is 0 Å². The molecule has 1 atom stereocenters. The first-order chi connectivity index (χ1) is 8.16. The lowest BCUT2D eigenvalue weighted by Crippen LogP contribution is -2.19. The van der Waals surface area contributed by atoms with Crippen molar-refractivity contribution in [2.24, 2.45) is 0 Å². The average Bonchev–Trinajstić information content (AvgIpc) is 2.79. The summed E-state index contributed by atoms with van der Waals surface area (Å²) in [5, 5.41) is 8.96. The van der Waals surface area contributed by atoms with Crippen LogP contribution < -0.4 is 0 Å². The highest BCUT2D eigenvalue weighted by atomic mass is 32.2. The van der Waals surface area contributed by atoms with Crippen LogP contribution in [0.2, 0.25) is 0 Å². The first-order valence-corrected chi connectivity index (χ1v) is 7.24. The van der Waals surface area contributed by atoms with Crippen molar-refractivity contribution >= 4 is 16.8 Å². The largest absolute Gasteiger partial charge is 0.475 e. The molecule has 0 spiro atoms. The summed E-state index contributed by atoms with van der Waals surface area (Å²) < 4.78 is 17.2. The number of rotatable bonds is 4. The van der Waals surface area contributed by atoms with Crippen molar-refractivity contribution in [2.45, 2.75) is 43.1 Å². The molecule has 1 saturated carbocycles. The van der Waals surface area contributed by atoms with E-state index in [9.17, 15) is 9.00 Å². The molecule has 1 aliphatic rings. The molecule has 0 bridgehead atoms. The molecular formula is C12H16O4S. The maximum absolute atomic E-state index is 12.1. The number of carbonyl (C=O) groups is 1. The van der Waals surface area contributed by atoms with Gasteiger partial charge in [-0.25, -0.2) is 4.79 Å². The molecule has 4 nitrogen and oxygen atoms in total. The van der Waals surface area contributed by atoms with Gasteiger partial charge in [0.2, 0.25) is 5.76 Å². The van der Waals surface area contributed by atoms with E-state index in [0.717, 1.165) is 25.7 Å². The third-order valence-electron chi connectivity index (χ3n) is 3.08. The number of carboxylic acid groups (broad SMARTS) is 1. The van der Waals surface area contributed by atoms with Gasteiger partial charge in [0, 0.05) is 16.0 Å². The molecular weight excluding hydrogens is 240 g/mol. The Balaban J connectivity index is 1.94. The Morgan fingerprint density at radius 3 is 2.65 bits per heavy atom. The minimum absolute atomic E-state index is 0.0827. The van der Waals surface area contributed by atoms with Gasteiger partial charge in [-0.2, -0.15) is 0 Å². The van der Waals surface area contributed by atoms with Crippen LogP contribution in [0.3, 0.4) is 0 Å². The van der Waals surface area contributed by atoms with E-state index in [1.54, 1.807) is 6.07 Å². The van der Waals surface area contributed by atoms with E-state index in [1.807, 2.05) is 0 Å². The zero-order valence-corrected chi connectivity index (χ0v) is 10.4. The smallest absolute Gasteiger partial charge is 0.371 e. The van der Waals surface area contributed by atoms with Crippen LogP contribution in [-0.2, 0) is 16.6 Å². The molecule has 1 aromatic rings. The van der Waals surface area contributed by atoms with Crippen LogP contribution in [0.5, 0.6) is 0 Å². The minimum Gasteiger partial charge on any atom is -0.475 e. The summed E-state index contributed by atoms with van der Waals surface area (Å²) in [6, 6.07) is 3.01. The van der Waals surface area contributed by atoms with Crippen molar-refractivity contribution in [1.29, 1.82) is 0 Å². The van der Waals surface area contributed by atoms with Gasteiger partial charge in [0.15, 0.2) is 0 Å². The Kier molecular flexibility index (Phi) is 3.99. The average molecular weight is 256 g/mol. The van der Waals surface area contributed by atoms with Gasteiger partial charge in [0.05, 0.1) is 5.75 Å². The predicted molar refractivity (Wildman–Crippen MR) is 64.4 cm³/mol. The SMILES string of the molecule is O=C(O)c1ccc(CS(=O)C2CCCCC2)o1. The highest BCUT2D eigenvalue weighted by molar-refractivity contribution is 7.84. The standard InChI is InChI=1S/C12H16O4S/c13-12(14)11-7-6-9(16-11)8-17(15)10-4-2-1-3-5-10/h6-7,10H,1-5,8H2,(H,13,14). The number of hydrogen-bond acceptors (Lipinski definition) is 3. The molecule has 0 aromatic carbocycles. The highest BCUT2D eigenvalue weighted by Gasteiger charge is 2.21. The molecule has 2 rings (SSSR count). The molecule has 94 valence electrons. The van der Waals surface area contributed by atoms with Crippen molar-refractivity contribution in [3.05, 3.63) is 23.7 Å². The summed E-state index contributed by atoms with van der Waals surface area (Å²) >= 11 is 0. The minimum atomic E-state index is -1.08. The summed E-state index contributed by atoms with van der Waals surface area (Å²) in [7, 11) is -0.944. The quantitative estimate of drug-likeness (QED) is 0.899. The Hall–Kier alpha value is -1.10. The van der Waals surface area contributed by atoms with Gasteiger partial charge >= 0.3 is 5.97 Å². The van der Waals surface area contributed by atoms with E-state index < -0.39 is 16.8 Å². The van der Waals surface area contributed by atoms with Crippen LogP contribution >= 0.6 is 0 Å². The lowest BCUT2D eigenvalue weighted by Gasteiger charge is -2.20. The lowest BCUT2D eigenvalue weighted by molar-refractivity contribution is 0.0661. The van der Waals surface area contributed by atoms with Crippen LogP contribution in [0.25, 0.3) is 0 Å². The third kappa shape index (κ3) is 3.19. The molecule has 1 N–H and O–H groups in total. The number of aromatic carboxylic acids is 1. The highest BCUT2D eigenvalue weighted by Crippen LogP contribution is 2.24. The molecule has 1 aliphatic carbocycles. The van der Waals surface area contributed by atoms with E-state index in [-0.39, 0.29) is 11.0 Å². The van der Waals surface area contributed by atoms with Crippen molar-refractivity contribution in [2.75, 3.05) is 0 Å². The number of carboxylic acids is 1. The topological polar surface area (TPSA) is 67.5 Å². The first kappa shape index (κ1) is 12.4. The second-order valence-electron chi connectivity index (χ2n) is 4.36. The van der Waals surface area contributed by atoms with Crippen molar-refractivity contribution in [1.82, 2.24) is 0 Å². The Morgan fingerprint density at radius 2 is 2.06 bits per heavy atom. The summed E-state index contributed by atoms with van der Waals surface area (Å²) in [5.41, 5.74) is 0. The molecule has 1 fully saturated rings. The zero-order valence-electron chi connectivity index (χ0n) is 9.55. The van der Waals surface area contributed by atoms with E-state index in [0.29, 0.717) is 11.5 Å². The van der Waals surface area contributed by atoms with Crippen molar-refractivity contribution in [3.63, 3.8) is 0 Å². The van der Waals surface area contributed by atoms with Crippen molar-refractivity contribution in [3.8, 4) is 0 Å². The van der Waals surface area contributed by atoms with E-state index >= 15 is 0 Å². The monoisotopic (exact) mass is 256 g/mol. The van der Waals surface area contributed by atoms with Crippen LogP contribution in [0, 0.1) is 0 Å². The predicted octanol–water partition coefficient (Wildman–Crippen LogP) is 2.56. The molecule has 5 heteroatoms. The van der Waals surface area contributed by atoms with Gasteiger partial charge in [-0.05, 0) is 25.0 Å². The fourth-order valence-corrected chi connectivity index (χ4v) is 3.69. The van der Waals surface area contributed by atoms with Crippen LogP contribution in [-0.4, -0.2) is 20.5 Å². The molecule has 1 aromatic heterocycles. The van der Waals surface area contributed by atoms with Crippen LogP contribution in [0.4, 0.5) is 0 Å². The van der Waals surface area contributed by atoms with Gasteiger partial charge in [0.1, 0.15) is 5.76 Å². The summed E-state index contributed by atoms with van der Waals surface area (Å²) in [5.74, 6) is -0.329. The normalized spacial score (nSPS) is 19.1. The number of hydrogen-bond donors (Lipinski definition) is 1. The fourth-order valence-electron chi connectivity index (χ4n) is 2.16. The Labute approximate surface area is 102 Å². The summed E-state index contributed by atoms with van der Waals surface area (Å²) in [6.07, 6.45) is 5.56. The first-order valence-electron chi connectivity index (χ1n) is 5.86. The van der Waals surface area contributed by atoms with E-state index in [4.69, 9.17) is 9.52 Å². The summed E-state index contributed by atoms with van der Waals surface area (Å²) in [4.78, 5) is 10.6. The van der Waals surface area contributed by atoms with E-state index in [1.165, 1.54) is 12.5 Å². The third-order valence-corrected chi connectivity index (χ3v) is 4.86. The zero-order chi connectivity index (χ0) is 12.3. The molecule has 17 heavy (non-hydrogen) atoms. The lowest BCUT2D eigenvalue weighted by atomic mass is 10.0. The summed E-state index contributed by atoms with van der Waals surface area (Å²) in [6.45, 7) is 0. The maximum Gasteiger partial charge on any atom is 0.371 e. The number of furan rings is 1. The van der Waals surface area contributed by atoms with Crippen LogP contribution in [0.15, 0.2) is 16.5 Å². The molecule has 0 amide bonds. The second-order valence-corrected chi connectivity index (χ2v) is 6.07. The maximum atomic E-state index is 12.1. The molecule has 0 aliphatic heterocycles. The fraction of sp³-hybridized carbons (Fsp3) is 0.583. The van der Waals surface area contributed by atoms with Gasteiger partial charge in [-0.3, -0.25) is 4.21 Å². The van der Waals surface area contributed by atoms with Gasteiger partial charge in [-0.1, -0.05) is 19.3 Å².